The molecule has 0 bridgehead atoms. The van der Waals surface area contributed by atoms with E-state index in [4.69, 9.17) is 5.11 Å². The lowest BCUT2D eigenvalue weighted by molar-refractivity contribution is -0.143. The summed E-state index contributed by atoms with van der Waals surface area (Å²) in [4.78, 5) is 58.6. The minimum Gasteiger partial charge on any atom is -0.481 e. The molecule has 45 heavy (non-hydrogen) atoms. The summed E-state index contributed by atoms with van der Waals surface area (Å²) in [7, 11) is 0. The highest BCUT2D eigenvalue weighted by atomic mass is 16.4. The summed E-state index contributed by atoms with van der Waals surface area (Å²) >= 11 is 0. The van der Waals surface area contributed by atoms with Crippen LogP contribution in [-0.4, -0.2) is 59.0 Å². The first-order valence-corrected chi connectivity index (χ1v) is 18.0. The topological polar surface area (TPSA) is 162 Å². The first kappa shape index (κ1) is 40.4. The van der Waals surface area contributed by atoms with Gasteiger partial charge in [0.2, 0.25) is 17.7 Å². The zero-order chi connectivity index (χ0) is 33.1. The van der Waals surface area contributed by atoms with E-state index in [-0.39, 0.29) is 36.5 Å². The van der Waals surface area contributed by atoms with Crippen molar-refractivity contribution in [2.75, 3.05) is 13.1 Å². The van der Waals surface area contributed by atoms with Gasteiger partial charge in [-0.2, -0.15) is 0 Å². The van der Waals surface area contributed by atoms with Crippen LogP contribution < -0.4 is 16.0 Å². The third kappa shape index (κ3) is 22.5. The number of unbranched alkanes of at least 4 members (excludes halogenated alkanes) is 15. The van der Waals surface area contributed by atoms with Gasteiger partial charge in [-0.3, -0.25) is 19.2 Å². The molecule has 0 heterocycles. The number of carboxylic acid groups (broad SMARTS) is 2. The van der Waals surface area contributed by atoms with Crippen molar-refractivity contribution < 1.29 is 34.2 Å². The Hall–Kier alpha value is -2.65. The van der Waals surface area contributed by atoms with Gasteiger partial charge in [0.25, 0.3) is 0 Å². The van der Waals surface area contributed by atoms with E-state index >= 15 is 0 Å². The highest BCUT2D eigenvalue weighted by Gasteiger charge is 2.29. The van der Waals surface area contributed by atoms with Crippen molar-refractivity contribution >= 4 is 29.7 Å². The molecule has 260 valence electrons. The van der Waals surface area contributed by atoms with E-state index in [0.717, 1.165) is 44.9 Å². The van der Waals surface area contributed by atoms with Gasteiger partial charge >= 0.3 is 11.9 Å². The fraction of sp³-hybridized carbons (Fsp3) is 0.857. The largest absolute Gasteiger partial charge is 0.481 e. The molecule has 10 nitrogen and oxygen atoms in total. The van der Waals surface area contributed by atoms with Crippen LogP contribution in [0.25, 0.3) is 0 Å². The van der Waals surface area contributed by atoms with Gasteiger partial charge in [-0.1, -0.05) is 89.9 Å². The van der Waals surface area contributed by atoms with Crippen LogP contribution in [0.1, 0.15) is 161 Å². The van der Waals surface area contributed by atoms with Gasteiger partial charge in [0.1, 0.15) is 6.04 Å². The maximum atomic E-state index is 12.6. The molecular weight excluding hydrogens is 574 g/mol. The molecule has 0 saturated heterocycles. The van der Waals surface area contributed by atoms with E-state index in [0.29, 0.717) is 44.7 Å². The van der Waals surface area contributed by atoms with Crippen LogP contribution in [0.3, 0.4) is 0 Å². The lowest BCUT2D eigenvalue weighted by atomic mass is 9.81. The van der Waals surface area contributed by atoms with Gasteiger partial charge in [-0.05, 0) is 57.8 Å². The number of carbonyl (C=O) groups excluding carboxylic acids is 3. The van der Waals surface area contributed by atoms with Crippen molar-refractivity contribution in [1.82, 2.24) is 16.0 Å². The van der Waals surface area contributed by atoms with Gasteiger partial charge < -0.3 is 26.2 Å². The standard InChI is InChI=1S/C35H63N3O7/c1-2-36-32(40)26-25-30(35(44)45)38-34(43)29-23-21-28(22-24-29)27-37-31(39)19-17-15-13-11-9-7-5-3-4-6-8-10-12-14-16-18-20-33(41)42/h28-30H,2-27H2,1H3,(H,36,40)(H,37,39)(H,38,43)(H,41,42)(H,44,45)/t28?,29?,30-/m0/s1. The molecule has 0 aromatic heterocycles. The van der Waals surface area contributed by atoms with E-state index in [1.54, 1.807) is 6.92 Å². The van der Waals surface area contributed by atoms with Gasteiger partial charge in [0.15, 0.2) is 0 Å². The average Bonchev–Trinajstić information content (AvgIpc) is 3.01. The lowest BCUT2D eigenvalue weighted by Crippen LogP contribution is -2.45. The number of carbonyl (C=O) groups is 5. The molecule has 0 spiro atoms. The molecular formula is C35H63N3O7. The Morgan fingerprint density at radius 2 is 1.04 bits per heavy atom. The second kappa shape index (κ2) is 26.6. The highest BCUT2D eigenvalue weighted by Crippen LogP contribution is 2.29. The molecule has 1 rings (SSSR count). The van der Waals surface area contributed by atoms with Crippen LogP contribution >= 0.6 is 0 Å². The number of rotatable bonds is 28. The van der Waals surface area contributed by atoms with E-state index in [1.807, 2.05) is 0 Å². The van der Waals surface area contributed by atoms with Crippen molar-refractivity contribution in [3.63, 3.8) is 0 Å². The minimum atomic E-state index is -1.13. The van der Waals surface area contributed by atoms with E-state index in [2.05, 4.69) is 16.0 Å². The van der Waals surface area contributed by atoms with Crippen LogP contribution in [0.4, 0.5) is 0 Å². The van der Waals surface area contributed by atoms with Gasteiger partial charge in [0, 0.05) is 38.3 Å². The molecule has 1 atom stereocenters. The summed E-state index contributed by atoms with van der Waals surface area (Å²) in [5.74, 6) is -2.08. The molecule has 0 aromatic carbocycles. The molecule has 0 unspecified atom stereocenters. The normalized spacial score (nSPS) is 16.9. The molecule has 10 heteroatoms. The van der Waals surface area contributed by atoms with E-state index in [1.165, 1.54) is 70.6 Å². The van der Waals surface area contributed by atoms with Gasteiger partial charge in [-0.25, -0.2) is 4.79 Å². The van der Waals surface area contributed by atoms with Crippen LogP contribution in [0.2, 0.25) is 0 Å². The molecule has 0 aromatic rings. The monoisotopic (exact) mass is 637 g/mol. The number of hydrogen-bond acceptors (Lipinski definition) is 5. The summed E-state index contributed by atoms with van der Waals surface area (Å²) < 4.78 is 0. The number of aliphatic carboxylic acids is 2. The third-order valence-electron chi connectivity index (χ3n) is 9.00. The number of amides is 3. The Kier molecular flexibility index (Phi) is 23.8. The van der Waals surface area contributed by atoms with Crippen molar-refractivity contribution in [3.05, 3.63) is 0 Å². The highest BCUT2D eigenvalue weighted by molar-refractivity contribution is 5.85. The molecule has 0 aliphatic heterocycles. The van der Waals surface area contributed by atoms with Crippen molar-refractivity contribution in [2.45, 2.75) is 167 Å². The molecule has 1 saturated carbocycles. The minimum absolute atomic E-state index is 0.0571. The Morgan fingerprint density at radius 3 is 1.49 bits per heavy atom. The Bertz CT molecular complexity index is 843. The SMILES string of the molecule is CCNC(=O)CC[C@H](NC(=O)C1CCC(CNC(=O)CCCCCCCCCCCCCCCCCCC(=O)O)CC1)C(=O)O. The van der Waals surface area contributed by atoms with Crippen molar-refractivity contribution in [3.8, 4) is 0 Å². The van der Waals surface area contributed by atoms with Gasteiger partial charge in [0.05, 0.1) is 0 Å². The smallest absolute Gasteiger partial charge is 0.326 e. The molecule has 1 aliphatic carbocycles. The molecule has 1 fully saturated rings. The first-order valence-electron chi connectivity index (χ1n) is 18.0. The summed E-state index contributed by atoms with van der Waals surface area (Å²) in [6.45, 7) is 2.91. The van der Waals surface area contributed by atoms with Crippen LogP contribution in [-0.2, 0) is 24.0 Å². The predicted octanol–water partition coefficient (Wildman–Crippen LogP) is 6.50. The average molecular weight is 638 g/mol. The van der Waals surface area contributed by atoms with Crippen LogP contribution in [0, 0.1) is 11.8 Å². The van der Waals surface area contributed by atoms with E-state index in [9.17, 15) is 29.1 Å². The zero-order valence-electron chi connectivity index (χ0n) is 28.1. The number of nitrogens with one attached hydrogen (secondary N) is 3. The summed E-state index contributed by atoms with van der Waals surface area (Å²) in [5.41, 5.74) is 0. The predicted molar refractivity (Wildman–Crippen MR) is 177 cm³/mol. The first-order chi connectivity index (χ1) is 21.7. The van der Waals surface area contributed by atoms with Crippen LogP contribution in [0.15, 0.2) is 0 Å². The molecule has 1 aliphatic rings. The molecule has 5 N–H and O–H groups in total. The van der Waals surface area contributed by atoms with Crippen LogP contribution in [0.5, 0.6) is 0 Å². The summed E-state index contributed by atoms with van der Waals surface area (Å²) in [6.07, 6.45) is 23.1. The number of carboxylic acids is 2. The quantitative estimate of drug-likeness (QED) is 0.0612. The second-order valence-corrected chi connectivity index (χ2v) is 13.0. The van der Waals surface area contributed by atoms with Crippen molar-refractivity contribution in [2.24, 2.45) is 11.8 Å². The maximum absolute atomic E-state index is 12.6. The lowest BCUT2D eigenvalue weighted by Gasteiger charge is -2.28. The fourth-order valence-corrected chi connectivity index (χ4v) is 6.12. The van der Waals surface area contributed by atoms with E-state index < -0.39 is 18.0 Å². The summed E-state index contributed by atoms with van der Waals surface area (Å²) in [6, 6.07) is -1.07. The fourth-order valence-electron chi connectivity index (χ4n) is 6.12. The Morgan fingerprint density at radius 1 is 0.600 bits per heavy atom. The molecule has 3 amide bonds. The molecule has 0 radical (unpaired) electrons. The zero-order valence-corrected chi connectivity index (χ0v) is 28.1. The van der Waals surface area contributed by atoms with Crippen molar-refractivity contribution in [1.29, 1.82) is 0 Å². The maximum Gasteiger partial charge on any atom is 0.326 e. The second-order valence-electron chi connectivity index (χ2n) is 13.0. The Labute approximate surface area is 271 Å². The van der Waals surface area contributed by atoms with Gasteiger partial charge in [-0.15, -0.1) is 0 Å². The number of hydrogen-bond donors (Lipinski definition) is 5. The third-order valence-corrected chi connectivity index (χ3v) is 9.00. The Balaban J connectivity index is 1.96. The summed E-state index contributed by atoms with van der Waals surface area (Å²) in [5, 5.41) is 26.4.